The van der Waals surface area contributed by atoms with Crippen molar-refractivity contribution >= 4 is 33.1 Å². The molecule has 5 rings (SSSR count). The van der Waals surface area contributed by atoms with Gasteiger partial charge in [0.15, 0.2) is 0 Å². The number of carbonyl (C=O) groups is 1. The number of rotatable bonds is 13. The molecule has 1 aliphatic carbocycles. The lowest BCUT2D eigenvalue weighted by Gasteiger charge is -2.28. The monoisotopic (exact) mass is 556 g/mol. The largest absolute Gasteiger partial charge is 0.308 e. The van der Waals surface area contributed by atoms with Gasteiger partial charge in [-0.15, -0.1) is 17.9 Å². The Labute approximate surface area is 240 Å². The summed E-state index contributed by atoms with van der Waals surface area (Å²) in [6, 6.07) is 16.5. The fourth-order valence-electron chi connectivity index (χ4n) is 5.20. The highest BCUT2D eigenvalue weighted by Crippen LogP contribution is 2.39. The van der Waals surface area contributed by atoms with Crippen LogP contribution in [0.5, 0.6) is 0 Å². The van der Waals surface area contributed by atoms with Crippen LogP contribution in [0.2, 0.25) is 0 Å². The summed E-state index contributed by atoms with van der Waals surface area (Å²) in [5.41, 5.74) is 6.58. The highest BCUT2D eigenvalue weighted by Gasteiger charge is 2.27. The van der Waals surface area contributed by atoms with Crippen molar-refractivity contribution in [3.8, 4) is 11.1 Å². The van der Waals surface area contributed by atoms with E-state index in [-0.39, 0.29) is 23.8 Å². The van der Waals surface area contributed by atoms with Crippen molar-refractivity contribution in [2.45, 2.75) is 51.4 Å². The molecule has 1 unspecified atom stereocenters. The molecule has 1 aliphatic rings. The van der Waals surface area contributed by atoms with E-state index in [2.05, 4.69) is 36.3 Å². The second kappa shape index (κ2) is 12.3. The molecule has 1 amide bonds. The van der Waals surface area contributed by atoms with Crippen molar-refractivity contribution in [1.82, 2.24) is 14.8 Å². The van der Waals surface area contributed by atoms with Crippen LogP contribution >= 0.6 is 11.3 Å². The van der Waals surface area contributed by atoms with Crippen molar-refractivity contribution in [3.63, 3.8) is 0 Å². The minimum Gasteiger partial charge on any atom is -0.308 e. The molecule has 2 heterocycles. The van der Waals surface area contributed by atoms with Crippen molar-refractivity contribution in [2.24, 2.45) is 13.0 Å². The van der Waals surface area contributed by atoms with E-state index in [0.717, 1.165) is 51.3 Å². The summed E-state index contributed by atoms with van der Waals surface area (Å²) in [5, 5.41) is 5.72. The van der Waals surface area contributed by atoms with Gasteiger partial charge in [0, 0.05) is 42.9 Å². The van der Waals surface area contributed by atoms with Gasteiger partial charge in [-0.1, -0.05) is 30.9 Å². The van der Waals surface area contributed by atoms with Crippen molar-refractivity contribution in [2.75, 3.05) is 18.1 Å². The van der Waals surface area contributed by atoms with Crippen LogP contribution in [0, 0.1) is 12.8 Å². The number of benzene rings is 2. The number of aryl methyl sites for hydroxylation is 3. The van der Waals surface area contributed by atoms with Crippen LogP contribution in [0.3, 0.4) is 0 Å². The fraction of sp³-hybridized carbons (Fsp3) is 0.364. The van der Waals surface area contributed by atoms with Crippen LogP contribution in [0.4, 0.5) is 10.1 Å². The first-order chi connectivity index (χ1) is 19.4. The van der Waals surface area contributed by atoms with E-state index in [4.69, 9.17) is 5.10 Å². The molecule has 208 valence electrons. The Kier molecular flexibility index (Phi) is 8.60. The lowest BCUT2D eigenvalue weighted by atomic mass is 9.98. The molecule has 1 fully saturated rings. The van der Waals surface area contributed by atoms with Crippen LogP contribution in [-0.2, 0) is 18.3 Å². The molecule has 5 nitrogen and oxygen atoms in total. The van der Waals surface area contributed by atoms with E-state index in [0.29, 0.717) is 12.5 Å². The summed E-state index contributed by atoms with van der Waals surface area (Å²) in [6.45, 7) is 9.85. The van der Waals surface area contributed by atoms with E-state index in [9.17, 15) is 9.18 Å². The number of carbonyl (C=O) groups excluding carboxylic acids is 1. The summed E-state index contributed by atoms with van der Waals surface area (Å²) < 4.78 is 16.3. The third-order valence-electron chi connectivity index (χ3n) is 7.68. The van der Waals surface area contributed by atoms with Gasteiger partial charge in [0.1, 0.15) is 0 Å². The minimum atomic E-state index is -0.606. The van der Waals surface area contributed by atoms with Crippen molar-refractivity contribution < 1.29 is 9.18 Å². The number of fused-ring (bicyclic) bond motifs is 1. The number of amides is 1. The maximum Gasteiger partial charge on any atom is 0.253 e. The van der Waals surface area contributed by atoms with Crippen LogP contribution in [-0.4, -0.2) is 33.9 Å². The van der Waals surface area contributed by atoms with Gasteiger partial charge in [0.05, 0.1) is 27.6 Å². The molecule has 1 atom stereocenters. The first-order valence-electron chi connectivity index (χ1n) is 14.0. The zero-order valence-corrected chi connectivity index (χ0v) is 24.2. The van der Waals surface area contributed by atoms with E-state index in [1.807, 2.05) is 55.1 Å². The van der Waals surface area contributed by atoms with Gasteiger partial charge < -0.3 is 4.90 Å². The van der Waals surface area contributed by atoms with Crippen LogP contribution < -0.4 is 4.90 Å². The maximum atomic E-state index is 13.5. The summed E-state index contributed by atoms with van der Waals surface area (Å²) in [5.74, 6) is 0.482. The van der Waals surface area contributed by atoms with E-state index in [1.54, 1.807) is 16.2 Å². The number of hydrogen-bond acceptors (Lipinski definition) is 4. The number of nitrogens with zero attached hydrogens (tertiary/aromatic N) is 4. The van der Waals surface area contributed by atoms with E-state index in [1.165, 1.54) is 24.2 Å². The minimum absolute atomic E-state index is 0.0268. The Bertz CT molecular complexity index is 1530. The number of hydrogen-bond donors (Lipinski definition) is 0. The smallest absolute Gasteiger partial charge is 0.253 e. The van der Waals surface area contributed by atoms with Crippen molar-refractivity contribution in [3.05, 3.63) is 89.7 Å². The molecule has 7 heteroatoms. The molecular weight excluding hydrogens is 519 g/mol. The fourth-order valence-corrected chi connectivity index (χ4v) is 6.06. The molecule has 0 N–H and O–H groups in total. The van der Waals surface area contributed by atoms with Gasteiger partial charge in [-0.3, -0.25) is 13.9 Å². The first kappa shape index (κ1) is 28.0. The number of halogens is 1. The molecule has 0 bridgehead atoms. The van der Waals surface area contributed by atoms with Crippen molar-refractivity contribution in [1.29, 1.82) is 0 Å². The first-order valence-corrected chi connectivity index (χ1v) is 14.9. The third kappa shape index (κ3) is 6.41. The Morgan fingerprint density at radius 3 is 2.77 bits per heavy atom. The summed E-state index contributed by atoms with van der Waals surface area (Å²) in [6.07, 6.45) is 7.22. The topological polar surface area (TPSA) is 51.0 Å². The lowest BCUT2D eigenvalue weighted by Crippen LogP contribution is -2.36. The lowest BCUT2D eigenvalue weighted by molar-refractivity contribution is -0.115. The second-order valence-corrected chi connectivity index (χ2v) is 12.0. The summed E-state index contributed by atoms with van der Waals surface area (Å²) in [7, 11) is 2.02. The van der Waals surface area contributed by atoms with Gasteiger partial charge in [0.2, 0.25) is 0 Å². The summed E-state index contributed by atoms with van der Waals surface area (Å²) in [4.78, 5) is 19.8. The normalized spacial score (nSPS) is 13.9. The maximum absolute atomic E-state index is 13.5. The molecular formula is C33H37FN4OS. The molecule has 0 radical (unpaired) electrons. The quantitative estimate of drug-likeness (QED) is 0.124. The molecule has 2 aromatic heterocycles. The number of thiazole rings is 1. The zero-order valence-electron chi connectivity index (χ0n) is 23.4. The molecule has 40 heavy (non-hydrogen) atoms. The number of aromatic nitrogens is 3. The van der Waals surface area contributed by atoms with Gasteiger partial charge in [-0.25, -0.2) is 4.98 Å². The predicted octanol–water partition coefficient (Wildman–Crippen LogP) is 7.96. The van der Waals surface area contributed by atoms with Gasteiger partial charge >= 0.3 is 0 Å². The van der Waals surface area contributed by atoms with Gasteiger partial charge in [-0.05, 0) is 86.4 Å². The SMILES string of the molecule is C=CC(CCCc1cc(C2CC2)nn1C)CN(C(=O)C(=C)CCF)c1cccc(-c2ccc3nc(C)sc3c2)c1. The van der Waals surface area contributed by atoms with Gasteiger partial charge in [-0.2, -0.15) is 5.10 Å². The van der Waals surface area contributed by atoms with E-state index < -0.39 is 6.67 Å². The Morgan fingerprint density at radius 1 is 1.23 bits per heavy atom. The molecule has 0 saturated heterocycles. The average molecular weight is 557 g/mol. The Balaban J connectivity index is 1.34. The zero-order chi connectivity index (χ0) is 28.2. The van der Waals surface area contributed by atoms with Crippen LogP contribution in [0.25, 0.3) is 21.3 Å². The molecule has 2 aromatic carbocycles. The van der Waals surface area contributed by atoms with Gasteiger partial charge in [0.25, 0.3) is 5.91 Å². The van der Waals surface area contributed by atoms with E-state index >= 15 is 0 Å². The third-order valence-corrected chi connectivity index (χ3v) is 8.61. The standard InChI is InChI=1S/C33H37FN4OS/c1-5-24(8-6-10-28-20-31(25-12-13-25)36-37(28)4)21-38(33(39)22(2)16-17-34)29-11-7-9-26(18-29)27-14-15-30-32(19-27)40-23(3)35-30/h5,7,9,11,14-15,18-20,24-25H,1-2,6,8,10,12-13,16-17,21H2,3-4H3. The molecule has 4 aromatic rings. The number of alkyl halides is 1. The average Bonchev–Trinajstić information content (AvgIpc) is 3.64. The molecule has 0 spiro atoms. The molecule has 1 saturated carbocycles. The molecule has 0 aliphatic heterocycles. The predicted molar refractivity (Wildman–Crippen MR) is 164 cm³/mol. The highest BCUT2D eigenvalue weighted by molar-refractivity contribution is 7.18. The second-order valence-electron chi connectivity index (χ2n) is 10.8. The summed E-state index contributed by atoms with van der Waals surface area (Å²) >= 11 is 1.67. The highest BCUT2D eigenvalue weighted by atomic mass is 32.1. The van der Waals surface area contributed by atoms with Crippen LogP contribution in [0.15, 0.2) is 73.3 Å². The Hall–Kier alpha value is -3.58. The van der Waals surface area contributed by atoms with Crippen LogP contribution in [0.1, 0.15) is 54.4 Å². The number of anilines is 1. The Morgan fingerprint density at radius 2 is 2.02 bits per heavy atom.